The molecule has 1 aliphatic rings. The van der Waals surface area contributed by atoms with Gasteiger partial charge in [-0.2, -0.15) is 4.98 Å². The van der Waals surface area contributed by atoms with Gasteiger partial charge >= 0.3 is 0 Å². The fraction of sp³-hybridized carbons (Fsp3) is 0.583. The Hall–Kier alpha value is -1.45. The van der Waals surface area contributed by atoms with Gasteiger partial charge in [-0.3, -0.25) is 0 Å². The molecule has 0 radical (unpaired) electrons. The third-order valence-electron chi connectivity index (χ3n) is 3.07. The van der Waals surface area contributed by atoms with E-state index in [1.807, 2.05) is 12.1 Å². The summed E-state index contributed by atoms with van der Waals surface area (Å²) in [6.07, 6.45) is 1.20. The van der Waals surface area contributed by atoms with Crippen molar-refractivity contribution in [3.05, 3.63) is 12.1 Å². The van der Waals surface area contributed by atoms with Gasteiger partial charge in [0.2, 0.25) is 5.88 Å². The Balaban J connectivity index is 2.22. The molecule has 0 atom stereocenters. The molecule has 0 aromatic carbocycles. The Morgan fingerprint density at radius 3 is 2.75 bits per heavy atom. The predicted molar refractivity (Wildman–Crippen MR) is 65.8 cm³/mol. The van der Waals surface area contributed by atoms with Gasteiger partial charge in [-0.15, -0.1) is 0 Å². The zero-order valence-corrected chi connectivity index (χ0v) is 10.2. The average molecular weight is 221 g/mol. The number of rotatable bonds is 2. The van der Waals surface area contributed by atoms with E-state index in [0.717, 1.165) is 18.9 Å². The number of hydrogen-bond acceptors (Lipinski definition) is 4. The number of nitrogens with two attached hydrogens (primary N) is 1. The number of methoxy groups -OCH3 is 1. The van der Waals surface area contributed by atoms with E-state index in [0.29, 0.717) is 17.0 Å². The number of aromatic nitrogens is 1. The Labute approximate surface area is 96.4 Å². The van der Waals surface area contributed by atoms with Gasteiger partial charge in [0.15, 0.2) is 0 Å². The van der Waals surface area contributed by atoms with E-state index in [1.165, 1.54) is 6.42 Å². The molecule has 4 heteroatoms. The van der Waals surface area contributed by atoms with Crippen LogP contribution in [0.2, 0.25) is 0 Å². The molecule has 2 heterocycles. The van der Waals surface area contributed by atoms with Crippen LogP contribution in [0, 0.1) is 5.41 Å². The molecule has 88 valence electrons. The van der Waals surface area contributed by atoms with Crippen molar-refractivity contribution in [2.45, 2.75) is 20.3 Å². The van der Waals surface area contributed by atoms with Crippen LogP contribution in [-0.4, -0.2) is 25.2 Å². The lowest BCUT2D eigenvalue weighted by molar-refractivity contribution is 0.399. The quantitative estimate of drug-likeness (QED) is 0.828. The van der Waals surface area contributed by atoms with Crippen molar-refractivity contribution in [1.82, 2.24) is 4.98 Å². The maximum atomic E-state index is 5.75. The fourth-order valence-corrected chi connectivity index (χ4v) is 2.09. The van der Waals surface area contributed by atoms with Crippen molar-refractivity contribution in [2.24, 2.45) is 5.41 Å². The summed E-state index contributed by atoms with van der Waals surface area (Å²) >= 11 is 0. The van der Waals surface area contributed by atoms with Crippen LogP contribution in [-0.2, 0) is 0 Å². The van der Waals surface area contributed by atoms with Crippen LogP contribution in [0.15, 0.2) is 12.1 Å². The molecule has 1 aromatic rings. The van der Waals surface area contributed by atoms with Crippen molar-refractivity contribution >= 4 is 11.5 Å². The number of pyridine rings is 1. The molecule has 0 bridgehead atoms. The van der Waals surface area contributed by atoms with Crippen LogP contribution in [0.25, 0.3) is 0 Å². The molecular formula is C12H19N3O. The van der Waals surface area contributed by atoms with E-state index in [9.17, 15) is 0 Å². The highest BCUT2D eigenvalue weighted by atomic mass is 16.5. The van der Waals surface area contributed by atoms with E-state index >= 15 is 0 Å². The van der Waals surface area contributed by atoms with Crippen LogP contribution < -0.4 is 15.4 Å². The molecule has 0 amide bonds. The Kier molecular flexibility index (Phi) is 2.66. The molecule has 1 aliphatic heterocycles. The van der Waals surface area contributed by atoms with Crippen molar-refractivity contribution in [3.63, 3.8) is 0 Å². The fourth-order valence-electron chi connectivity index (χ4n) is 2.09. The van der Waals surface area contributed by atoms with E-state index in [1.54, 1.807) is 7.11 Å². The topological polar surface area (TPSA) is 51.4 Å². The molecule has 1 saturated heterocycles. The summed E-state index contributed by atoms with van der Waals surface area (Å²) in [5, 5.41) is 0. The highest BCUT2D eigenvalue weighted by Crippen LogP contribution is 2.33. The molecule has 1 aromatic heterocycles. The minimum atomic E-state index is 0.371. The second kappa shape index (κ2) is 3.85. The molecule has 16 heavy (non-hydrogen) atoms. The van der Waals surface area contributed by atoms with E-state index in [2.05, 4.69) is 23.7 Å². The first-order chi connectivity index (χ1) is 7.52. The van der Waals surface area contributed by atoms with Gasteiger partial charge in [0.1, 0.15) is 5.82 Å². The zero-order chi connectivity index (χ0) is 11.8. The van der Waals surface area contributed by atoms with Gasteiger partial charge < -0.3 is 15.4 Å². The maximum Gasteiger partial charge on any atom is 0.238 e. The summed E-state index contributed by atoms with van der Waals surface area (Å²) in [7, 11) is 1.59. The third-order valence-corrected chi connectivity index (χ3v) is 3.07. The van der Waals surface area contributed by atoms with Crippen LogP contribution >= 0.6 is 0 Å². The van der Waals surface area contributed by atoms with Crippen molar-refractivity contribution in [2.75, 3.05) is 30.8 Å². The summed E-state index contributed by atoms with van der Waals surface area (Å²) < 4.78 is 5.13. The predicted octanol–water partition coefficient (Wildman–Crippen LogP) is 1.91. The van der Waals surface area contributed by atoms with E-state index in [4.69, 9.17) is 10.5 Å². The van der Waals surface area contributed by atoms with Crippen LogP contribution in [0.3, 0.4) is 0 Å². The highest BCUT2D eigenvalue weighted by Gasteiger charge is 2.30. The maximum absolute atomic E-state index is 5.75. The summed E-state index contributed by atoms with van der Waals surface area (Å²) in [6.45, 7) is 6.64. The smallest absolute Gasteiger partial charge is 0.238 e. The van der Waals surface area contributed by atoms with Gasteiger partial charge in [0.05, 0.1) is 12.8 Å². The monoisotopic (exact) mass is 221 g/mol. The SMILES string of the molecule is COc1nc(N2CCC(C)(C)C2)ccc1N. The molecule has 1 fully saturated rings. The minimum Gasteiger partial charge on any atom is -0.479 e. The Bertz CT molecular complexity index is 390. The average Bonchev–Trinajstić information content (AvgIpc) is 2.59. The van der Waals surface area contributed by atoms with E-state index < -0.39 is 0 Å². The van der Waals surface area contributed by atoms with Gasteiger partial charge in [-0.25, -0.2) is 0 Å². The summed E-state index contributed by atoms with van der Waals surface area (Å²) in [4.78, 5) is 6.70. The third kappa shape index (κ3) is 2.05. The van der Waals surface area contributed by atoms with E-state index in [-0.39, 0.29) is 0 Å². The number of anilines is 2. The standard InChI is InChI=1S/C12H19N3O/c1-12(2)6-7-15(8-12)10-5-4-9(13)11(14-10)16-3/h4-5H,6-8,13H2,1-3H3. The molecule has 0 saturated carbocycles. The molecule has 0 unspecified atom stereocenters. The lowest BCUT2D eigenvalue weighted by atomic mass is 9.93. The molecule has 0 spiro atoms. The second-order valence-corrected chi connectivity index (χ2v) is 5.10. The van der Waals surface area contributed by atoms with Crippen molar-refractivity contribution in [1.29, 1.82) is 0 Å². The van der Waals surface area contributed by atoms with Crippen molar-refractivity contribution in [3.8, 4) is 5.88 Å². The lowest BCUT2D eigenvalue weighted by Gasteiger charge is -2.21. The second-order valence-electron chi connectivity index (χ2n) is 5.10. The Morgan fingerprint density at radius 2 is 2.19 bits per heavy atom. The minimum absolute atomic E-state index is 0.371. The van der Waals surface area contributed by atoms with Crippen LogP contribution in [0.4, 0.5) is 11.5 Å². The first-order valence-corrected chi connectivity index (χ1v) is 5.57. The number of nitrogen functional groups attached to an aromatic ring is 1. The molecule has 2 N–H and O–H groups in total. The normalized spacial score (nSPS) is 18.8. The summed E-state index contributed by atoms with van der Waals surface area (Å²) in [5.41, 5.74) is 6.70. The van der Waals surface area contributed by atoms with Crippen LogP contribution in [0.1, 0.15) is 20.3 Å². The number of ether oxygens (including phenoxy) is 1. The molecule has 4 nitrogen and oxygen atoms in total. The van der Waals surface area contributed by atoms with Gasteiger partial charge in [0, 0.05) is 13.1 Å². The zero-order valence-electron chi connectivity index (χ0n) is 10.2. The van der Waals surface area contributed by atoms with Crippen molar-refractivity contribution < 1.29 is 4.74 Å². The van der Waals surface area contributed by atoms with Gasteiger partial charge in [-0.05, 0) is 24.0 Å². The largest absolute Gasteiger partial charge is 0.479 e. The highest BCUT2D eigenvalue weighted by molar-refractivity contribution is 5.55. The molecule has 2 rings (SSSR count). The first-order valence-electron chi connectivity index (χ1n) is 5.57. The summed E-state index contributed by atoms with van der Waals surface area (Å²) in [5.74, 6) is 1.47. The molecule has 0 aliphatic carbocycles. The number of hydrogen-bond donors (Lipinski definition) is 1. The number of nitrogens with zero attached hydrogens (tertiary/aromatic N) is 2. The van der Waals surface area contributed by atoms with Crippen LogP contribution in [0.5, 0.6) is 5.88 Å². The lowest BCUT2D eigenvalue weighted by Crippen LogP contribution is -2.23. The Morgan fingerprint density at radius 1 is 1.44 bits per heavy atom. The van der Waals surface area contributed by atoms with Gasteiger partial charge in [-0.1, -0.05) is 13.8 Å². The van der Waals surface area contributed by atoms with Gasteiger partial charge in [0.25, 0.3) is 0 Å². The first kappa shape index (κ1) is 11.0. The molecular weight excluding hydrogens is 202 g/mol. The summed E-state index contributed by atoms with van der Waals surface area (Å²) in [6, 6.07) is 3.81.